The minimum absolute atomic E-state index is 0.0285. The van der Waals surface area contributed by atoms with Crippen molar-refractivity contribution in [1.82, 2.24) is 5.32 Å². The number of carbonyl (C=O) groups excluding carboxylic acids is 2. The zero-order chi connectivity index (χ0) is 15.2. The number of amides is 1. The molecule has 1 unspecified atom stereocenters. The maximum absolute atomic E-state index is 11.5. The fourth-order valence-corrected chi connectivity index (χ4v) is 2.74. The van der Waals surface area contributed by atoms with Crippen molar-refractivity contribution in [3.8, 4) is 5.75 Å². The normalized spacial score (nSPS) is 20.0. The second kappa shape index (κ2) is 7.24. The third kappa shape index (κ3) is 4.57. The van der Waals surface area contributed by atoms with Gasteiger partial charge in [-0.2, -0.15) is 5.10 Å². The number of nitrogens with one attached hydrogen (secondary N) is 1. The van der Waals surface area contributed by atoms with Gasteiger partial charge in [0, 0.05) is 6.42 Å². The topological polar surface area (TPSA) is 80.1 Å². The van der Waals surface area contributed by atoms with Crippen molar-refractivity contribution in [2.24, 2.45) is 10.2 Å². The quantitative estimate of drug-likeness (QED) is 0.508. The monoisotopic (exact) mass is 325 g/mol. The Labute approximate surface area is 130 Å². The minimum Gasteiger partial charge on any atom is -0.497 e. The van der Waals surface area contributed by atoms with E-state index < -0.39 is 10.5 Å². The summed E-state index contributed by atoms with van der Waals surface area (Å²) in [4.78, 5) is 22.3. The lowest BCUT2D eigenvalue weighted by Gasteiger charge is -1.98. The molecule has 1 aliphatic heterocycles. The van der Waals surface area contributed by atoms with E-state index in [9.17, 15) is 9.59 Å². The summed E-state index contributed by atoms with van der Waals surface area (Å²) in [6.07, 6.45) is 1.53. The minimum atomic E-state index is -0.550. The Kier molecular flexibility index (Phi) is 5.35. The zero-order valence-electron chi connectivity index (χ0n) is 11.1. The summed E-state index contributed by atoms with van der Waals surface area (Å²) < 4.78 is 5.05. The van der Waals surface area contributed by atoms with Gasteiger partial charge in [0.15, 0.2) is 5.17 Å². The Hall–Kier alpha value is -1.86. The molecule has 1 amide bonds. The number of halogens is 1. The Morgan fingerprint density at radius 2 is 2.19 bits per heavy atom. The van der Waals surface area contributed by atoms with Crippen LogP contribution in [0, 0.1) is 0 Å². The van der Waals surface area contributed by atoms with E-state index in [2.05, 4.69) is 15.5 Å². The number of benzene rings is 1. The molecule has 21 heavy (non-hydrogen) atoms. The van der Waals surface area contributed by atoms with Gasteiger partial charge in [0.1, 0.15) is 5.75 Å². The molecule has 0 aromatic heterocycles. The van der Waals surface area contributed by atoms with E-state index in [0.29, 0.717) is 5.17 Å². The number of ether oxygens (including phenoxy) is 1. The number of rotatable bonds is 5. The molecule has 8 heteroatoms. The summed E-state index contributed by atoms with van der Waals surface area (Å²) >= 11 is 6.41. The van der Waals surface area contributed by atoms with Crippen LogP contribution in [0.1, 0.15) is 12.0 Å². The van der Waals surface area contributed by atoms with Gasteiger partial charge in [0.05, 0.1) is 18.6 Å². The van der Waals surface area contributed by atoms with Crippen molar-refractivity contribution in [1.29, 1.82) is 0 Å². The van der Waals surface area contributed by atoms with Gasteiger partial charge in [-0.15, -0.1) is 5.10 Å². The highest BCUT2D eigenvalue weighted by Crippen LogP contribution is 2.23. The number of nitrogens with zero attached hydrogens (tertiary/aromatic N) is 2. The molecule has 1 heterocycles. The van der Waals surface area contributed by atoms with E-state index in [-0.39, 0.29) is 12.3 Å². The lowest BCUT2D eigenvalue weighted by molar-refractivity contribution is -0.121. The summed E-state index contributed by atoms with van der Waals surface area (Å²) in [5.74, 6) is 0.470. The fraction of sp³-hybridized carbons (Fsp3) is 0.231. The molecule has 110 valence electrons. The number of thioether (sulfide) groups is 1. The van der Waals surface area contributed by atoms with Gasteiger partial charge in [0.2, 0.25) is 11.1 Å². The third-order valence-corrected chi connectivity index (χ3v) is 3.82. The van der Waals surface area contributed by atoms with Crippen molar-refractivity contribution < 1.29 is 14.3 Å². The van der Waals surface area contributed by atoms with E-state index in [1.165, 1.54) is 0 Å². The first-order valence-corrected chi connectivity index (χ1v) is 7.25. The van der Waals surface area contributed by atoms with E-state index in [4.69, 9.17) is 16.3 Å². The number of hydrogen-bond acceptors (Lipinski definition) is 6. The standard InChI is InChI=1S/C13H12ClN3O3S/c1-20-9-4-2-8(3-5-9)7-15-17-13-16-12(19)10(21-13)6-11(14)18/h2-5,7,10H,6H2,1H3,(H,16,17,19)/b15-7+. The number of hydrogen-bond donors (Lipinski definition) is 1. The number of methoxy groups -OCH3 is 1. The Morgan fingerprint density at radius 3 is 2.81 bits per heavy atom. The molecular weight excluding hydrogens is 314 g/mol. The SMILES string of the molecule is COc1ccc(/C=N/N=C2/NC(=O)C(CC(=O)Cl)S2)cc1. The first-order chi connectivity index (χ1) is 10.1. The average molecular weight is 326 g/mol. The molecule has 0 spiro atoms. The highest BCUT2D eigenvalue weighted by atomic mass is 35.5. The molecule has 1 saturated heterocycles. The highest BCUT2D eigenvalue weighted by Gasteiger charge is 2.31. The molecule has 1 atom stereocenters. The van der Waals surface area contributed by atoms with Crippen LogP contribution in [0.2, 0.25) is 0 Å². The van der Waals surface area contributed by atoms with Crippen molar-refractivity contribution in [3.63, 3.8) is 0 Å². The second-order valence-corrected chi connectivity index (χ2v) is 5.69. The molecule has 2 rings (SSSR count). The molecule has 1 aliphatic rings. The molecule has 1 aromatic carbocycles. The van der Waals surface area contributed by atoms with Crippen molar-refractivity contribution in [2.45, 2.75) is 11.7 Å². The fourth-order valence-electron chi connectivity index (χ4n) is 1.57. The van der Waals surface area contributed by atoms with E-state index in [0.717, 1.165) is 23.1 Å². The summed E-state index contributed by atoms with van der Waals surface area (Å²) in [5.41, 5.74) is 0.849. The van der Waals surface area contributed by atoms with Crippen LogP contribution in [0.4, 0.5) is 0 Å². The van der Waals surface area contributed by atoms with Crippen LogP contribution in [0.5, 0.6) is 5.75 Å². The van der Waals surface area contributed by atoms with E-state index in [1.54, 1.807) is 13.3 Å². The molecular formula is C13H12ClN3O3S. The Morgan fingerprint density at radius 1 is 1.48 bits per heavy atom. The van der Waals surface area contributed by atoms with Crippen LogP contribution in [-0.2, 0) is 9.59 Å². The van der Waals surface area contributed by atoms with Crippen LogP contribution < -0.4 is 10.1 Å². The van der Waals surface area contributed by atoms with Gasteiger partial charge in [0.25, 0.3) is 0 Å². The van der Waals surface area contributed by atoms with Crippen molar-refractivity contribution >= 4 is 45.9 Å². The molecule has 0 bridgehead atoms. The summed E-state index contributed by atoms with van der Waals surface area (Å²) in [6.45, 7) is 0. The van der Waals surface area contributed by atoms with Gasteiger partial charge >= 0.3 is 0 Å². The summed E-state index contributed by atoms with van der Waals surface area (Å²) in [6, 6.07) is 7.28. The lowest BCUT2D eigenvalue weighted by atomic mass is 10.2. The Bertz CT molecular complexity index is 601. The van der Waals surface area contributed by atoms with E-state index in [1.807, 2.05) is 24.3 Å². The van der Waals surface area contributed by atoms with Gasteiger partial charge in [-0.3, -0.25) is 9.59 Å². The van der Waals surface area contributed by atoms with Crippen LogP contribution in [0.15, 0.2) is 34.5 Å². The van der Waals surface area contributed by atoms with Crippen LogP contribution in [0.25, 0.3) is 0 Å². The molecule has 0 radical (unpaired) electrons. The maximum atomic E-state index is 11.5. The largest absolute Gasteiger partial charge is 0.497 e. The molecule has 1 fully saturated rings. The summed E-state index contributed by atoms with van der Waals surface area (Å²) in [5, 5.41) is 9.61. The van der Waals surface area contributed by atoms with Gasteiger partial charge in [-0.05, 0) is 41.4 Å². The predicted molar refractivity (Wildman–Crippen MR) is 83.0 cm³/mol. The number of amidine groups is 1. The average Bonchev–Trinajstić information content (AvgIpc) is 2.79. The zero-order valence-corrected chi connectivity index (χ0v) is 12.6. The molecule has 6 nitrogen and oxygen atoms in total. The van der Waals surface area contributed by atoms with E-state index >= 15 is 0 Å². The van der Waals surface area contributed by atoms with Crippen molar-refractivity contribution in [3.05, 3.63) is 29.8 Å². The Balaban J connectivity index is 1.96. The van der Waals surface area contributed by atoms with Crippen LogP contribution in [0.3, 0.4) is 0 Å². The number of carbonyl (C=O) groups is 2. The van der Waals surface area contributed by atoms with Crippen LogP contribution in [-0.4, -0.2) is 34.9 Å². The molecule has 1 N–H and O–H groups in total. The highest BCUT2D eigenvalue weighted by molar-refractivity contribution is 8.15. The molecule has 0 saturated carbocycles. The lowest BCUT2D eigenvalue weighted by Crippen LogP contribution is -2.25. The molecule has 0 aliphatic carbocycles. The van der Waals surface area contributed by atoms with Gasteiger partial charge in [-0.1, -0.05) is 11.8 Å². The maximum Gasteiger partial charge on any atom is 0.240 e. The first-order valence-electron chi connectivity index (χ1n) is 5.99. The first kappa shape index (κ1) is 15.5. The summed E-state index contributed by atoms with van der Waals surface area (Å²) in [7, 11) is 1.59. The van der Waals surface area contributed by atoms with Crippen molar-refractivity contribution in [2.75, 3.05) is 7.11 Å². The molecule has 1 aromatic rings. The van der Waals surface area contributed by atoms with Gasteiger partial charge in [-0.25, -0.2) is 0 Å². The third-order valence-electron chi connectivity index (χ3n) is 2.59. The second-order valence-electron chi connectivity index (χ2n) is 4.08. The predicted octanol–water partition coefficient (Wildman–Crippen LogP) is 1.77. The van der Waals surface area contributed by atoms with Crippen LogP contribution >= 0.6 is 23.4 Å². The van der Waals surface area contributed by atoms with Gasteiger partial charge < -0.3 is 10.1 Å². The smallest absolute Gasteiger partial charge is 0.240 e.